The van der Waals surface area contributed by atoms with E-state index in [2.05, 4.69) is 13.0 Å². The average Bonchev–Trinajstić information content (AvgIpc) is 2.36. The molecular formula is C16H16ClF. The van der Waals surface area contributed by atoms with Gasteiger partial charge >= 0.3 is 0 Å². The zero-order valence-corrected chi connectivity index (χ0v) is 11.1. The molecule has 0 amide bonds. The molecule has 0 heterocycles. The predicted molar refractivity (Wildman–Crippen MR) is 74.6 cm³/mol. The SMILES string of the molecule is CCCC(c1cccc(F)c1)c1cccc(Cl)c1. The van der Waals surface area contributed by atoms with Crippen LogP contribution in [0.3, 0.4) is 0 Å². The second-order valence-corrected chi connectivity index (χ2v) is 4.89. The van der Waals surface area contributed by atoms with E-state index >= 15 is 0 Å². The minimum absolute atomic E-state index is 0.185. The lowest BCUT2D eigenvalue weighted by Gasteiger charge is -2.17. The molecule has 0 bridgehead atoms. The number of benzene rings is 2. The van der Waals surface area contributed by atoms with Crippen LogP contribution in [0.1, 0.15) is 36.8 Å². The van der Waals surface area contributed by atoms with E-state index in [1.165, 1.54) is 6.07 Å². The fraction of sp³-hybridized carbons (Fsp3) is 0.250. The van der Waals surface area contributed by atoms with Gasteiger partial charge in [-0.2, -0.15) is 0 Å². The molecule has 18 heavy (non-hydrogen) atoms. The van der Waals surface area contributed by atoms with Crippen LogP contribution in [0.4, 0.5) is 4.39 Å². The minimum atomic E-state index is -0.185. The fourth-order valence-electron chi connectivity index (χ4n) is 2.26. The van der Waals surface area contributed by atoms with Crippen molar-refractivity contribution in [3.63, 3.8) is 0 Å². The van der Waals surface area contributed by atoms with Crippen LogP contribution < -0.4 is 0 Å². The lowest BCUT2D eigenvalue weighted by atomic mass is 9.88. The van der Waals surface area contributed by atoms with Gasteiger partial charge in [-0.05, 0) is 41.8 Å². The zero-order valence-electron chi connectivity index (χ0n) is 10.4. The van der Waals surface area contributed by atoms with Gasteiger partial charge in [0.15, 0.2) is 0 Å². The van der Waals surface area contributed by atoms with Crippen molar-refractivity contribution in [3.8, 4) is 0 Å². The van der Waals surface area contributed by atoms with Gasteiger partial charge in [0.05, 0.1) is 0 Å². The van der Waals surface area contributed by atoms with Gasteiger partial charge in [0.25, 0.3) is 0 Å². The van der Waals surface area contributed by atoms with E-state index in [-0.39, 0.29) is 11.7 Å². The Kier molecular flexibility index (Phi) is 4.38. The van der Waals surface area contributed by atoms with E-state index in [1.807, 2.05) is 24.3 Å². The molecule has 2 heteroatoms. The molecule has 0 saturated heterocycles. The highest BCUT2D eigenvalue weighted by Gasteiger charge is 2.14. The number of halogens is 2. The van der Waals surface area contributed by atoms with Crippen molar-refractivity contribution in [2.75, 3.05) is 0 Å². The molecule has 2 rings (SSSR count). The van der Waals surface area contributed by atoms with Gasteiger partial charge in [-0.1, -0.05) is 49.2 Å². The van der Waals surface area contributed by atoms with Gasteiger partial charge in [-0.25, -0.2) is 4.39 Å². The summed E-state index contributed by atoms with van der Waals surface area (Å²) in [6.07, 6.45) is 2.04. The van der Waals surface area contributed by atoms with Gasteiger partial charge in [0.1, 0.15) is 5.82 Å². The van der Waals surface area contributed by atoms with E-state index in [0.717, 1.165) is 29.0 Å². The molecule has 1 atom stereocenters. The van der Waals surface area contributed by atoms with E-state index in [0.29, 0.717) is 0 Å². The Morgan fingerprint density at radius 3 is 2.33 bits per heavy atom. The Hall–Kier alpha value is -1.34. The van der Waals surface area contributed by atoms with E-state index < -0.39 is 0 Å². The predicted octanol–water partition coefficient (Wildman–Crippen LogP) is 5.41. The minimum Gasteiger partial charge on any atom is -0.207 e. The normalized spacial score (nSPS) is 12.4. The number of hydrogen-bond donors (Lipinski definition) is 0. The van der Waals surface area contributed by atoms with Crippen molar-refractivity contribution in [3.05, 3.63) is 70.5 Å². The summed E-state index contributed by atoms with van der Waals surface area (Å²) in [5, 5.41) is 0.727. The van der Waals surface area contributed by atoms with Crippen molar-refractivity contribution in [2.45, 2.75) is 25.7 Å². The molecule has 0 aliphatic rings. The van der Waals surface area contributed by atoms with Gasteiger partial charge in [0.2, 0.25) is 0 Å². The summed E-state index contributed by atoms with van der Waals surface area (Å²) in [6, 6.07) is 14.6. The maximum Gasteiger partial charge on any atom is 0.123 e. The molecule has 2 aromatic rings. The van der Waals surface area contributed by atoms with Gasteiger partial charge < -0.3 is 0 Å². The van der Waals surface area contributed by atoms with Crippen LogP contribution in [0.2, 0.25) is 5.02 Å². The maximum atomic E-state index is 13.3. The molecule has 0 nitrogen and oxygen atoms in total. The van der Waals surface area contributed by atoms with Crippen molar-refractivity contribution in [1.29, 1.82) is 0 Å². The monoisotopic (exact) mass is 262 g/mol. The maximum absolute atomic E-state index is 13.3. The Labute approximate surface area is 112 Å². The lowest BCUT2D eigenvalue weighted by Crippen LogP contribution is -2.01. The highest BCUT2D eigenvalue weighted by atomic mass is 35.5. The molecule has 2 aromatic carbocycles. The van der Waals surface area contributed by atoms with Crippen molar-refractivity contribution in [1.82, 2.24) is 0 Å². The molecule has 0 spiro atoms. The molecular weight excluding hydrogens is 247 g/mol. The van der Waals surface area contributed by atoms with Crippen LogP contribution in [0.15, 0.2) is 48.5 Å². The summed E-state index contributed by atoms with van der Waals surface area (Å²) < 4.78 is 13.3. The first-order chi connectivity index (χ1) is 8.70. The van der Waals surface area contributed by atoms with Crippen LogP contribution >= 0.6 is 11.6 Å². The van der Waals surface area contributed by atoms with E-state index in [4.69, 9.17) is 11.6 Å². The van der Waals surface area contributed by atoms with Crippen molar-refractivity contribution >= 4 is 11.6 Å². The van der Waals surface area contributed by atoms with Crippen molar-refractivity contribution < 1.29 is 4.39 Å². The Bertz CT molecular complexity index is 477. The second kappa shape index (κ2) is 6.01. The third kappa shape index (κ3) is 3.11. The molecule has 0 aliphatic carbocycles. The van der Waals surface area contributed by atoms with Gasteiger partial charge in [-0.3, -0.25) is 0 Å². The highest BCUT2D eigenvalue weighted by molar-refractivity contribution is 6.30. The average molecular weight is 263 g/mol. The molecule has 94 valence electrons. The first kappa shape index (κ1) is 13.1. The molecule has 1 unspecified atom stereocenters. The second-order valence-electron chi connectivity index (χ2n) is 4.45. The third-order valence-corrected chi connectivity index (χ3v) is 3.31. The summed E-state index contributed by atoms with van der Waals surface area (Å²) in [5.74, 6) is 0.0278. The Morgan fingerprint density at radius 2 is 1.72 bits per heavy atom. The molecule has 0 radical (unpaired) electrons. The van der Waals surface area contributed by atoms with Crippen LogP contribution in [0.5, 0.6) is 0 Å². The van der Waals surface area contributed by atoms with Gasteiger partial charge in [0, 0.05) is 10.9 Å². The largest absolute Gasteiger partial charge is 0.207 e. The summed E-state index contributed by atoms with van der Waals surface area (Å²) in [5.41, 5.74) is 2.16. The molecule has 0 fully saturated rings. The first-order valence-corrected chi connectivity index (χ1v) is 6.59. The quantitative estimate of drug-likeness (QED) is 0.691. The van der Waals surface area contributed by atoms with Crippen molar-refractivity contribution in [2.24, 2.45) is 0 Å². The zero-order chi connectivity index (χ0) is 13.0. The lowest BCUT2D eigenvalue weighted by molar-refractivity contribution is 0.619. The van der Waals surface area contributed by atoms with E-state index in [1.54, 1.807) is 12.1 Å². The molecule has 0 N–H and O–H groups in total. The van der Waals surface area contributed by atoms with Crippen LogP contribution in [0.25, 0.3) is 0 Å². The highest BCUT2D eigenvalue weighted by Crippen LogP contribution is 2.30. The fourth-order valence-corrected chi connectivity index (χ4v) is 2.46. The summed E-state index contributed by atoms with van der Waals surface area (Å²) in [4.78, 5) is 0. The number of hydrogen-bond acceptors (Lipinski definition) is 0. The Morgan fingerprint density at radius 1 is 1.06 bits per heavy atom. The Balaban J connectivity index is 2.39. The van der Waals surface area contributed by atoms with Gasteiger partial charge in [-0.15, -0.1) is 0 Å². The standard InChI is InChI=1S/C16H16ClF/c1-2-5-16(12-6-3-8-14(17)10-12)13-7-4-9-15(18)11-13/h3-4,6-11,16H,2,5H2,1H3. The summed E-state index contributed by atoms with van der Waals surface area (Å²) in [6.45, 7) is 2.14. The third-order valence-electron chi connectivity index (χ3n) is 3.08. The summed E-state index contributed by atoms with van der Waals surface area (Å²) in [7, 11) is 0. The summed E-state index contributed by atoms with van der Waals surface area (Å²) >= 11 is 6.03. The van der Waals surface area contributed by atoms with Crippen LogP contribution in [-0.2, 0) is 0 Å². The first-order valence-electron chi connectivity index (χ1n) is 6.21. The number of rotatable bonds is 4. The smallest absolute Gasteiger partial charge is 0.123 e. The molecule has 0 aliphatic heterocycles. The molecule has 0 saturated carbocycles. The molecule has 0 aromatic heterocycles. The topological polar surface area (TPSA) is 0 Å². The van der Waals surface area contributed by atoms with Crippen LogP contribution in [-0.4, -0.2) is 0 Å². The van der Waals surface area contributed by atoms with Crippen LogP contribution in [0, 0.1) is 5.82 Å². The van der Waals surface area contributed by atoms with E-state index in [9.17, 15) is 4.39 Å².